The fraction of sp³-hybridized carbons (Fsp3) is 0.154. The molecule has 1 aliphatic heterocycles. The molecular formula is C26H22N2O6S. The third kappa shape index (κ3) is 5.04. The topological polar surface area (TPSA) is 117 Å². The van der Waals surface area contributed by atoms with Gasteiger partial charge in [0.25, 0.3) is 11.1 Å². The van der Waals surface area contributed by atoms with Crippen molar-refractivity contribution < 1.29 is 28.7 Å². The van der Waals surface area contributed by atoms with Crippen LogP contribution >= 0.6 is 11.8 Å². The van der Waals surface area contributed by atoms with Crippen molar-refractivity contribution in [3.05, 3.63) is 81.5 Å². The highest BCUT2D eigenvalue weighted by Crippen LogP contribution is 2.34. The van der Waals surface area contributed by atoms with Gasteiger partial charge in [-0.25, -0.2) is 4.79 Å². The summed E-state index contributed by atoms with van der Waals surface area (Å²) in [6.07, 6.45) is 1.46. The molecule has 0 unspecified atom stereocenters. The van der Waals surface area contributed by atoms with E-state index in [9.17, 15) is 19.2 Å². The number of carboxylic acid groups (broad SMARTS) is 1. The summed E-state index contributed by atoms with van der Waals surface area (Å²) in [5.74, 6) is -1.20. The zero-order valence-corrected chi connectivity index (χ0v) is 20.1. The smallest absolute Gasteiger partial charge is 0.335 e. The lowest BCUT2D eigenvalue weighted by Crippen LogP contribution is -2.36. The van der Waals surface area contributed by atoms with Crippen molar-refractivity contribution in [3.8, 4) is 11.3 Å². The molecule has 2 N–H and O–H groups in total. The maximum absolute atomic E-state index is 12.8. The van der Waals surface area contributed by atoms with Crippen molar-refractivity contribution in [2.24, 2.45) is 0 Å². The van der Waals surface area contributed by atoms with Gasteiger partial charge in [0.15, 0.2) is 0 Å². The van der Waals surface area contributed by atoms with E-state index in [2.05, 4.69) is 5.32 Å². The number of nitrogens with zero attached hydrogens (tertiary/aromatic N) is 1. The van der Waals surface area contributed by atoms with Gasteiger partial charge in [0.2, 0.25) is 5.91 Å². The van der Waals surface area contributed by atoms with Crippen molar-refractivity contribution >= 4 is 46.5 Å². The van der Waals surface area contributed by atoms with Crippen molar-refractivity contribution in [3.63, 3.8) is 0 Å². The number of nitrogens with one attached hydrogen (secondary N) is 1. The molecule has 0 spiro atoms. The number of imide groups is 1. The van der Waals surface area contributed by atoms with Crippen LogP contribution in [0.4, 0.5) is 10.5 Å². The molecule has 9 heteroatoms. The molecule has 1 saturated heterocycles. The molecule has 35 heavy (non-hydrogen) atoms. The van der Waals surface area contributed by atoms with Crippen LogP contribution in [0.5, 0.6) is 0 Å². The van der Waals surface area contributed by atoms with Gasteiger partial charge in [-0.3, -0.25) is 19.3 Å². The summed E-state index contributed by atoms with van der Waals surface area (Å²) in [6, 6.07) is 13.7. The number of benzene rings is 2. The quantitative estimate of drug-likeness (QED) is 0.454. The first kappa shape index (κ1) is 24.0. The maximum atomic E-state index is 12.8. The molecule has 1 aliphatic rings. The van der Waals surface area contributed by atoms with Crippen molar-refractivity contribution in [2.45, 2.75) is 20.8 Å². The average molecular weight is 491 g/mol. The number of carbonyl (C=O) groups excluding carboxylic acids is 3. The Bertz CT molecular complexity index is 1380. The lowest BCUT2D eigenvalue weighted by molar-refractivity contribution is -0.127. The largest absolute Gasteiger partial charge is 0.478 e. The van der Waals surface area contributed by atoms with Gasteiger partial charge in [0.05, 0.1) is 10.5 Å². The number of hydrogen-bond donors (Lipinski definition) is 2. The summed E-state index contributed by atoms with van der Waals surface area (Å²) >= 11 is 0.738. The van der Waals surface area contributed by atoms with Crippen LogP contribution in [-0.2, 0) is 9.59 Å². The van der Waals surface area contributed by atoms with Crippen LogP contribution in [-0.4, -0.2) is 39.6 Å². The maximum Gasteiger partial charge on any atom is 0.335 e. The molecular weight excluding hydrogens is 468 g/mol. The standard InChI is InChI=1S/C26H22N2O6S/c1-14-5-4-6-15(2)23(14)27-22(29)13-28-24(30)21(35-26(28)33)12-18-8-10-20(34-18)19-9-7-17(25(31)32)11-16(19)3/h4-12H,13H2,1-3H3,(H,27,29)(H,31,32)/b21-12-. The second-order valence-electron chi connectivity index (χ2n) is 8.12. The van der Waals surface area contributed by atoms with E-state index in [0.29, 0.717) is 22.8 Å². The number of furan rings is 1. The molecule has 1 aromatic heterocycles. The molecule has 0 radical (unpaired) electrons. The van der Waals surface area contributed by atoms with Gasteiger partial charge in [0, 0.05) is 17.3 Å². The van der Waals surface area contributed by atoms with Crippen LogP contribution in [0.3, 0.4) is 0 Å². The Balaban J connectivity index is 1.48. The molecule has 2 aromatic carbocycles. The third-order valence-corrected chi connectivity index (χ3v) is 6.47. The Hall–Kier alpha value is -4.11. The minimum Gasteiger partial charge on any atom is -0.478 e. The van der Waals surface area contributed by atoms with Gasteiger partial charge in [0.1, 0.15) is 18.1 Å². The van der Waals surface area contributed by atoms with Gasteiger partial charge in [-0.15, -0.1) is 0 Å². The highest BCUT2D eigenvalue weighted by Gasteiger charge is 2.36. The van der Waals surface area contributed by atoms with Crippen LogP contribution in [0.25, 0.3) is 17.4 Å². The van der Waals surface area contributed by atoms with E-state index in [1.165, 1.54) is 12.1 Å². The molecule has 4 rings (SSSR count). The third-order valence-electron chi connectivity index (χ3n) is 5.56. The Morgan fingerprint density at radius 3 is 2.40 bits per heavy atom. The fourth-order valence-corrected chi connectivity index (χ4v) is 4.57. The van der Waals surface area contributed by atoms with Crippen LogP contribution < -0.4 is 5.32 Å². The van der Waals surface area contributed by atoms with E-state index in [4.69, 9.17) is 9.52 Å². The molecule has 3 amide bonds. The summed E-state index contributed by atoms with van der Waals surface area (Å²) in [7, 11) is 0. The Kier molecular flexibility index (Phi) is 6.61. The van der Waals surface area contributed by atoms with Gasteiger partial charge in [-0.05, 0) is 73.5 Å². The first-order chi connectivity index (χ1) is 16.6. The second-order valence-corrected chi connectivity index (χ2v) is 9.11. The normalized spacial score (nSPS) is 14.6. The summed E-state index contributed by atoms with van der Waals surface area (Å²) < 4.78 is 5.82. The van der Waals surface area contributed by atoms with E-state index >= 15 is 0 Å². The molecule has 8 nitrogen and oxygen atoms in total. The number of aryl methyl sites for hydroxylation is 3. The zero-order valence-electron chi connectivity index (χ0n) is 19.2. The lowest BCUT2D eigenvalue weighted by Gasteiger charge is -2.15. The summed E-state index contributed by atoms with van der Waals surface area (Å²) in [5.41, 5.74) is 4.04. The zero-order chi connectivity index (χ0) is 25.3. The second kappa shape index (κ2) is 9.63. The number of aromatic carboxylic acids is 1. The number of carboxylic acids is 1. The summed E-state index contributed by atoms with van der Waals surface area (Å²) in [6.45, 7) is 5.11. The Labute approximate surface area is 205 Å². The van der Waals surface area contributed by atoms with E-state index < -0.39 is 29.6 Å². The number of carbonyl (C=O) groups is 4. The molecule has 3 aromatic rings. The SMILES string of the molecule is Cc1cc(C(=O)O)ccc1-c1ccc(/C=C2\SC(=O)N(CC(=O)Nc3c(C)cccc3C)C2=O)o1. The number of para-hydroxylation sites is 1. The first-order valence-electron chi connectivity index (χ1n) is 10.7. The summed E-state index contributed by atoms with van der Waals surface area (Å²) in [4.78, 5) is 50.0. The molecule has 0 saturated carbocycles. The number of hydrogen-bond acceptors (Lipinski definition) is 6. The van der Waals surface area contributed by atoms with E-state index in [1.54, 1.807) is 31.2 Å². The molecule has 2 heterocycles. The number of rotatable bonds is 6. The predicted molar refractivity (Wildman–Crippen MR) is 133 cm³/mol. The van der Waals surface area contributed by atoms with Crippen LogP contribution in [0.15, 0.2) is 57.9 Å². The van der Waals surface area contributed by atoms with Gasteiger partial charge in [-0.2, -0.15) is 0 Å². The molecule has 0 atom stereocenters. The molecule has 0 aliphatic carbocycles. The van der Waals surface area contributed by atoms with Crippen LogP contribution in [0.1, 0.15) is 32.8 Å². The number of amides is 3. The molecule has 178 valence electrons. The number of anilines is 1. The first-order valence-corrected chi connectivity index (χ1v) is 11.5. The molecule has 0 bridgehead atoms. The Morgan fingerprint density at radius 1 is 1.03 bits per heavy atom. The van der Waals surface area contributed by atoms with E-state index in [-0.39, 0.29) is 10.5 Å². The highest BCUT2D eigenvalue weighted by molar-refractivity contribution is 8.18. The van der Waals surface area contributed by atoms with Crippen molar-refractivity contribution in [1.29, 1.82) is 0 Å². The molecule has 1 fully saturated rings. The minimum absolute atomic E-state index is 0.147. The number of thioether (sulfide) groups is 1. The van der Waals surface area contributed by atoms with E-state index in [0.717, 1.165) is 33.4 Å². The van der Waals surface area contributed by atoms with Crippen molar-refractivity contribution in [1.82, 2.24) is 4.90 Å². The van der Waals surface area contributed by atoms with Gasteiger partial charge < -0.3 is 14.8 Å². The predicted octanol–water partition coefficient (Wildman–Crippen LogP) is 5.25. The minimum atomic E-state index is -1.02. The van der Waals surface area contributed by atoms with E-state index in [1.807, 2.05) is 32.0 Å². The van der Waals surface area contributed by atoms with Gasteiger partial charge >= 0.3 is 5.97 Å². The highest BCUT2D eigenvalue weighted by atomic mass is 32.2. The average Bonchev–Trinajstić information content (AvgIpc) is 3.36. The summed E-state index contributed by atoms with van der Waals surface area (Å²) in [5, 5.41) is 11.4. The fourth-order valence-electron chi connectivity index (χ4n) is 3.75. The van der Waals surface area contributed by atoms with Gasteiger partial charge in [-0.1, -0.05) is 24.3 Å². The van der Waals surface area contributed by atoms with Crippen LogP contribution in [0.2, 0.25) is 0 Å². The van der Waals surface area contributed by atoms with Crippen LogP contribution in [0, 0.1) is 20.8 Å². The monoisotopic (exact) mass is 490 g/mol. The van der Waals surface area contributed by atoms with Crippen molar-refractivity contribution in [2.75, 3.05) is 11.9 Å². The Morgan fingerprint density at radius 2 is 1.74 bits per heavy atom. The lowest BCUT2D eigenvalue weighted by atomic mass is 10.0.